The van der Waals surface area contributed by atoms with Crippen molar-refractivity contribution >= 4 is 54.9 Å². The first-order valence-electron chi connectivity index (χ1n) is 9.85. The molecule has 0 saturated heterocycles. The van der Waals surface area contributed by atoms with Gasteiger partial charge in [-0.15, -0.1) is 0 Å². The van der Waals surface area contributed by atoms with E-state index in [2.05, 4.69) is 0 Å². The smallest absolute Gasteiger partial charge is 0.268 e. The fraction of sp³-hybridized carbons (Fsp3) is 0.0400. The average Bonchev–Trinajstić information content (AvgIpc) is 3.22. The van der Waals surface area contributed by atoms with E-state index in [1.165, 1.54) is 3.97 Å². The Kier molecular flexibility index (Phi) is 5.33. The summed E-state index contributed by atoms with van der Waals surface area (Å²) < 4.78 is 33.8. The molecule has 1 heterocycles. The van der Waals surface area contributed by atoms with Gasteiger partial charge in [-0.25, -0.2) is 12.4 Å². The van der Waals surface area contributed by atoms with Crippen LogP contribution in [0.4, 0.5) is 0 Å². The first-order chi connectivity index (χ1) is 15.4. The van der Waals surface area contributed by atoms with E-state index in [4.69, 9.17) is 27.9 Å². The lowest BCUT2D eigenvalue weighted by atomic mass is 10.1. The summed E-state index contributed by atoms with van der Waals surface area (Å²) in [6.45, 7) is 0.208. The van der Waals surface area contributed by atoms with Crippen LogP contribution < -0.4 is 4.74 Å². The van der Waals surface area contributed by atoms with Crippen molar-refractivity contribution in [1.82, 2.24) is 3.97 Å². The molecule has 7 heteroatoms. The summed E-state index contributed by atoms with van der Waals surface area (Å²) in [6.07, 6.45) is 1.56. The molecule has 160 valence electrons. The van der Waals surface area contributed by atoms with Gasteiger partial charge in [0.15, 0.2) is 0 Å². The first kappa shape index (κ1) is 20.9. The molecule has 0 bridgehead atoms. The van der Waals surface area contributed by atoms with Crippen LogP contribution in [0.2, 0.25) is 10.0 Å². The van der Waals surface area contributed by atoms with Crippen LogP contribution in [0.15, 0.2) is 96.0 Å². The zero-order chi connectivity index (χ0) is 22.3. The molecule has 0 amide bonds. The van der Waals surface area contributed by atoms with Crippen molar-refractivity contribution < 1.29 is 13.2 Å². The van der Waals surface area contributed by atoms with Gasteiger partial charge in [0.25, 0.3) is 10.0 Å². The lowest BCUT2D eigenvalue weighted by Gasteiger charge is -2.11. The van der Waals surface area contributed by atoms with E-state index in [1.807, 2.05) is 30.3 Å². The number of hydrogen-bond acceptors (Lipinski definition) is 3. The molecule has 5 aromatic rings. The number of benzene rings is 4. The van der Waals surface area contributed by atoms with Gasteiger partial charge in [0.05, 0.1) is 10.4 Å². The van der Waals surface area contributed by atoms with Crippen LogP contribution >= 0.6 is 23.2 Å². The number of rotatable bonds is 5. The van der Waals surface area contributed by atoms with Crippen molar-refractivity contribution in [1.29, 1.82) is 0 Å². The molecule has 0 atom stereocenters. The highest BCUT2D eigenvalue weighted by molar-refractivity contribution is 7.90. The topological polar surface area (TPSA) is 48.3 Å². The number of ether oxygens (including phenoxy) is 1. The van der Waals surface area contributed by atoms with E-state index in [1.54, 1.807) is 60.8 Å². The summed E-state index contributed by atoms with van der Waals surface area (Å²) in [5, 5.41) is 3.68. The molecule has 32 heavy (non-hydrogen) atoms. The minimum atomic E-state index is -3.75. The molecular weight excluding hydrogens is 465 g/mol. The van der Waals surface area contributed by atoms with Gasteiger partial charge < -0.3 is 4.74 Å². The number of hydrogen-bond donors (Lipinski definition) is 0. The number of aromatic nitrogens is 1. The number of nitrogens with zero attached hydrogens (tertiary/aromatic N) is 1. The maximum absolute atomic E-state index is 13.3. The lowest BCUT2D eigenvalue weighted by Crippen LogP contribution is -2.11. The SMILES string of the molecule is O=S(=O)(c1ccc2ccccc2c1)n1ccc2cc(OCc3c(Cl)cccc3Cl)ccc21. The Labute approximate surface area is 195 Å². The Hall–Kier alpha value is -2.99. The number of fused-ring (bicyclic) bond motifs is 2. The second-order valence-corrected chi connectivity index (χ2v) is 9.96. The third kappa shape index (κ3) is 3.73. The van der Waals surface area contributed by atoms with E-state index >= 15 is 0 Å². The van der Waals surface area contributed by atoms with Crippen LogP contribution in [0.1, 0.15) is 5.56 Å². The minimum absolute atomic E-state index is 0.208. The second-order valence-electron chi connectivity index (χ2n) is 7.34. The second kappa shape index (κ2) is 8.17. The Balaban J connectivity index is 1.46. The van der Waals surface area contributed by atoms with Crippen LogP contribution in [-0.2, 0) is 16.6 Å². The molecule has 0 radical (unpaired) electrons. The lowest BCUT2D eigenvalue weighted by molar-refractivity contribution is 0.307. The molecule has 0 spiro atoms. The van der Waals surface area contributed by atoms with Gasteiger partial charge in [-0.3, -0.25) is 0 Å². The zero-order valence-electron chi connectivity index (χ0n) is 16.7. The summed E-state index contributed by atoms with van der Waals surface area (Å²) >= 11 is 12.4. The van der Waals surface area contributed by atoms with Gasteiger partial charge in [0.1, 0.15) is 12.4 Å². The standard InChI is InChI=1S/C25H17Cl2NO3S/c26-23-6-3-7-24(27)22(23)16-31-20-9-11-25-19(14-20)12-13-28(25)32(29,30)21-10-8-17-4-1-2-5-18(17)15-21/h1-15H,16H2. The number of halogens is 2. The largest absolute Gasteiger partial charge is 0.489 e. The van der Waals surface area contributed by atoms with Gasteiger partial charge in [0, 0.05) is 27.2 Å². The predicted octanol–water partition coefficient (Wildman–Crippen LogP) is 6.92. The quantitative estimate of drug-likeness (QED) is 0.273. The highest BCUT2D eigenvalue weighted by atomic mass is 35.5. The molecule has 0 aliphatic rings. The third-order valence-corrected chi connectivity index (χ3v) is 7.74. The maximum atomic E-state index is 13.3. The van der Waals surface area contributed by atoms with Gasteiger partial charge >= 0.3 is 0 Å². The van der Waals surface area contributed by atoms with Crippen molar-refractivity contribution in [3.63, 3.8) is 0 Å². The van der Waals surface area contributed by atoms with E-state index in [0.29, 0.717) is 26.9 Å². The Morgan fingerprint density at radius 2 is 1.50 bits per heavy atom. The highest BCUT2D eigenvalue weighted by Gasteiger charge is 2.19. The Bertz CT molecular complexity index is 1560. The Morgan fingerprint density at radius 1 is 0.750 bits per heavy atom. The van der Waals surface area contributed by atoms with E-state index in [0.717, 1.165) is 16.2 Å². The summed E-state index contributed by atoms with van der Waals surface area (Å²) in [5.74, 6) is 0.592. The summed E-state index contributed by atoms with van der Waals surface area (Å²) in [7, 11) is -3.75. The fourth-order valence-electron chi connectivity index (χ4n) is 3.66. The van der Waals surface area contributed by atoms with E-state index < -0.39 is 10.0 Å². The maximum Gasteiger partial charge on any atom is 0.268 e. The molecule has 0 N–H and O–H groups in total. The van der Waals surface area contributed by atoms with Gasteiger partial charge in [0.2, 0.25) is 0 Å². The van der Waals surface area contributed by atoms with E-state index in [-0.39, 0.29) is 11.5 Å². The Morgan fingerprint density at radius 3 is 2.28 bits per heavy atom. The fourth-order valence-corrected chi connectivity index (χ4v) is 5.56. The normalized spacial score (nSPS) is 11.8. The molecule has 0 unspecified atom stereocenters. The van der Waals surface area contributed by atoms with Crippen molar-refractivity contribution in [3.05, 3.63) is 107 Å². The van der Waals surface area contributed by atoms with Gasteiger partial charge in [-0.05, 0) is 59.3 Å². The molecule has 0 saturated carbocycles. The molecule has 4 nitrogen and oxygen atoms in total. The third-order valence-electron chi connectivity index (χ3n) is 5.35. The predicted molar refractivity (Wildman–Crippen MR) is 129 cm³/mol. The summed E-state index contributed by atoms with van der Waals surface area (Å²) in [6, 6.07) is 25.1. The summed E-state index contributed by atoms with van der Waals surface area (Å²) in [4.78, 5) is 0.238. The van der Waals surface area contributed by atoms with Gasteiger partial charge in [-0.2, -0.15) is 0 Å². The monoisotopic (exact) mass is 481 g/mol. The average molecular weight is 482 g/mol. The zero-order valence-corrected chi connectivity index (χ0v) is 19.0. The van der Waals surface area contributed by atoms with Crippen molar-refractivity contribution in [3.8, 4) is 5.75 Å². The van der Waals surface area contributed by atoms with Crippen LogP contribution in [0, 0.1) is 0 Å². The van der Waals surface area contributed by atoms with Crippen LogP contribution in [-0.4, -0.2) is 12.4 Å². The molecule has 4 aromatic carbocycles. The van der Waals surface area contributed by atoms with Crippen LogP contribution in [0.3, 0.4) is 0 Å². The first-order valence-corrected chi connectivity index (χ1v) is 12.0. The van der Waals surface area contributed by atoms with Crippen molar-refractivity contribution in [2.24, 2.45) is 0 Å². The van der Waals surface area contributed by atoms with Gasteiger partial charge in [-0.1, -0.05) is 59.6 Å². The molecule has 5 rings (SSSR count). The summed E-state index contributed by atoms with van der Waals surface area (Å²) in [5.41, 5.74) is 1.27. The molecule has 0 aliphatic heterocycles. The molecule has 1 aromatic heterocycles. The molecule has 0 fully saturated rings. The van der Waals surface area contributed by atoms with Crippen LogP contribution in [0.5, 0.6) is 5.75 Å². The molecule has 0 aliphatic carbocycles. The minimum Gasteiger partial charge on any atom is -0.489 e. The van der Waals surface area contributed by atoms with E-state index in [9.17, 15) is 8.42 Å². The molecular formula is C25H17Cl2NO3S. The van der Waals surface area contributed by atoms with Crippen molar-refractivity contribution in [2.45, 2.75) is 11.5 Å². The highest BCUT2D eigenvalue weighted by Crippen LogP contribution is 2.29. The van der Waals surface area contributed by atoms with Crippen molar-refractivity contribution in [2.75, 3.05) is 0 Å². The van der Waals surface area contributed by atoms with Crippen LogP contribution in [0.25, 0.3) is 21.7 Å².